The van der Waals surface area contributed by atoms with Crippen molar-refractivity contribution >= 4 is 89.5 Å². The molecule has 0 aromatic heterocycles. The molecule has 0 saturated carbocycles. The molecule has 0 aliphatic heterocycles. The molecule has 0 radical (unpaired) electrons. The van der Waals surface area contributed by atoms with Crippen LogP contribution in [-0.4, -0.2) is 189 Å². The average molecular weight is 1520 g/mol. The molecular weight excluding hydrogens is 1390 g/mol. The van der Waals surface area contributed by atoms with Crippen LogP contribution in [0.2, 0.25) is 0 Å². The number of rotatable bonds is 59. The first-order valence-corrected chi connectivity index (χ1v) is 38.1. The third kappa shape index (κ3) is 37.5. The van der Waals surface area contributed by atoms with E-state index in [0.29, 0.717) is 0 Å². The molecule has 0 fully saturated rings. The van der Waals surface area contributed by atoms with Crippen molar-refractivity contribution in [3.63, 3.8) is 0 Å². The van der Waals surface area contributed by atoms with Gasteiger partial charge in [0, 0.05) is 6.42 Å². The summed E-state index contributed by atoms with van der Waals surface area (Å²) in [6.07, 6.45) is -5.38. The summed E-state index contributed by atoms with van der Waals surface area (Å²) in [5, 5.41) is 0. The van der Waals surface area contributed by atoms with Gasteiger partial charge >= 0.3 is 89.5 Å². The molecule has 0 bridgehead atoms. The molecule has 0 amide bonds. The van der Waals surface area contributed by atoms with Gasteiger partial charge in [-0.1, -0.05) is 6.92 Å². The van der Waals surface area contributed by atoms with E-state index >= 15 is 0 Å². The molecule has 0 rings (SSSR count). The zero-order chi connectivity index (χ0) is 80.3. The SMILES string of the molecule is CCOC(=O)CCC(CC(CC(CC(CC(CC(CC(CC(CC(CC(CC(CC(CC(CC(CC)C(=O)OCC)C(=O)OCC)C(=O)OCC)C(=O)OCC)C(=O)OCC)C(=O)OCC)C(=O)OCC)C(=O)OCC)C(=O)OCC)C(=O)OCC)C(=O)OCC)C(=O)OCC)C(=O)OCC)C(=O)OCC. The second kappa shape index (κ2) is 57.3. The summed E-state index contributed by atoms with van der Waals surface area (Å²) >= 11 is 0. The predicted octanol–water partition coefficient (Wildman–Crippen LogP) is 9.32. The van der Waals surface area contributed by atoms with E-state index in [2.05, 4.69) is 0 Å². The van der Waals surface area contributed by atoms with E-state index < -0.39 is 224 Å². The number of carbonyl (C=O) groups is 15. The lowest BCUT2D eigenvalue weighted by molar-refractivity contribution is -0.160. The molecule has 0 N–H and O–H groups in total. The van der Waals surface area contributed by atoms with E-state index in [1.54, 1.807) is 48.5 Å². The van der Waals surface area contributed by atoms with Crippen molar-refractivity contribution in [3.05, 3.63) is 0 Å². The Bertz CT molecular complexity index is 2690. The van der Waals surface area contributed by atoms with Crippen LogP contribution < -0.4 is 0 Å². The van der Waals surface area contributed by atoms with E-state index in [4.69, 9.17) is 71.1 Å². The number of hydrogen-bond acceptors (Lipinski definition) is 30. The Kier molecular flexibility index (Phi) is 53.0. The normalized spacial score (nSPS) is 15.1. The highest BCUT2D eigenvalue weighted by atomic mass is 16.6. The van der Waals surface area contributed by atoms with Crippen molar-refractivity contribution in [2.75, 3.05) is 99.1 Å². The van der Waals surface area contributed by atoms with Crippen LogP contribution >= 0.6 is 0 Å². The Morgan fingerprint density at radius 3 is 0.406 bits per heavy atom. The topological polar surface area (TPSA) is 394 Å². The number of esters is 15. The largest absolute Gasteiger partial charge is 0.466 e. The molecule has 0 spiro atoms. The van der Waals surface area contributed by atoms with Crippen LogP contribution in [0, 0.1) is 82.9 Å². The Morgan fingerprint density at radius 2 is 0.274 bits per heavy atom. The molecular formula is C76H124O30. The van der Waals surface area contributed by atoms with Crippen LogP contribution in [0.5, 0.6) is 0 Å². The van der Waals surface area contributed by atoms with Gasteiger partial charge in [-0.15, -0.1) is 0 Å². The third-order valence-corrected chi connectivity index (χ3v) is 17.6. The van der Waals surface area contributed by atoms with Gasteiger partial charge in [0.15, 0.2) is 0 Å². The highest BCUT2D eigenvalue weighted by Crippen LogP contribution is 2.39. The fourth-order valence-corrected chi connectivity index (χ4v) is 12.9. The third-order valence-electron chi connectivity index (χ3n) is 17.6. The standard InChI is InChI=1S/C76H124O30/c1-17-48(63(78)93-19-3)35-50(65(80)95-21-5)37-52(67(82)97-23-7)39-54(69(84)99-25-9)41-56(71(86)101-27-11)43-58(73(88)103-29-13)45-60(75(90)105-31-15)47-61(76(91)106-32-16)46-59(74(89)104-30-14)44-57(72(87)102-28-12)42-55(70(85)100-26-10)40-53(68(83)98-24-8)38-51(66(81)96-22-6)36-49(64(79)94-20-4)33-34-62(77)92-18-2/h48-61H,17-47H2,1-16H3. The maximum atomic E-state index is 14.5. The van der Waals surface area contributed by atoms with Gasteiger partial charge in [0.05, 0.1) is 182 Å². The van der Waals surface area contributed by atoms with Crippen molar-refractivity contribution in [3.8, 4) is 0 Å². The zero-order valence-electron chi connectivity index (χ0n) is 65.8. The first-order valence-electron chi connectivity index (χ1n) is 38.1. The van der Waals surface area contributed by atoms with Crippen molar-refractivity contribution in [2.45, 2.75) is 214 Å². The summed E-state index contributed by atoms with van der Waals surface area (Å²) in [6.45, 7) is 23.0. The Labute approximate surface area is 625 Å². The van der Waals surface area contributed by atoms with Gasteiger partial charge in [0.2, 0.25) is 0 Å². The van der Waals surface area contributed by atoms with Crippen molar-refractivity contribution in [2.24, 2.45) is 82.9 Å². The van der Waals surface area contributed by atoms with Crippen LogP contribution in [0.1, 0.15) is 214 Å². The Balaban J connectivity index is 8.37. The quantitative estimate of drug-likeness (QED) is 0.0404. The lowest BCUT2D eigenvalue weighted by Gasteiger charge is -2.30. The van der Waals surface area contributed by atoms with Crippen LogP contribution in [0.4, 0.5) is 0 Å². The van der Waals surface area contributed by atoms with E-state index in [1.165, 1.54) is 62.3 Å². The molecule has 0 heterocycles. The Hall–Kier alpha value is -7.95. The molecule has 0 aromatic rings. The fraction of sp³-hybridized carbons (Fsp3) is 0.803. The van der Waals surface area contributed by atoms with Gasteiger partial charge in [-0.2, -0.15) is 0 Å². The number of ether oxygens (including phenoxy) is 15. The number of carbonyl (C=O) groups excluding carboxylic acids is 15. The van der Waals surface area contributed by atoms with E-state index in [0.717, 1.165) is 0 Å². The van der Waals surface area contributed by atoms with E-state index in [9.17, 15) is 71.9 Å². The van der Waals surface area contributed by atoms with Crippen LogP contribution in [0.25, 0.3) is 0 Å². The second-order valence-corrected chi connectivity index (χ2v) is 25.1. The molecule has 0 aliphatic rings. The molecule has 30 heteroatoms. The van der Waals surface area contributed by atoms with E-state index in [1.807, 2.05) is 0 Å². The molecule has 608 valence electrons. The minimum Gasteiger partial charge on any atom is -0.466 e. The molecule has 106 heavy (non-hydrogen) atoms. The Morgan fingerprint density at radius 1 is 0.160 bits per heavy atom. The lowest BCUT2D eigenvalue weighted by Crippen LogP contribution is -2.36. The van der Waals surface area contributed by atoms with Gasteiger partial charge in [-0.05, 0) is 200 Å². The number of hydrogen-bond donors (Lipinski definition) is 0. The molecule has 30 nitrogen and oxygen atoms in total. The van der Waals surface area contributed by atoms with Crippen molar-refractivity contribution in [1.82, 2.24) is 0 Å². The smallest absolute Gasteiger partial charge is 0.308 e. The average Bonchev–Trinajstić information content (AvgIpc) is 0.845. The fourth-order valence-electron chi connectivity index (χ4n) is 12.9. The van der Waals surface area contributed by atoms with Crippen molar-refractivity contribution < 1.29 is 143 Å². The lowest BCUT2D eigenvalue weighted by atomic mass is 9.76. The highest BCUT2D eigenvalue weighted by molar-refractivity contribution is 5.84. The van der Waals surface area contributed by atoms with Crippen molar-refractivity contribution in [1.29, 1.82) is 0 Å². The maximum absolute atomic E-state index is 14.5. The van der Waals surface area contributed by atoms with Crippen LogP contribution in [-0.2, 0) is 143 Å². The first kappa shape index (κ1) is 98.0. The van der Waals surface area contributed by atoms with Gasteiger partial charge in [0.1, 0.15) is 0 Å². The zero-order valence-corrected chi connectivity index (χ0v) is 65.8. The van der Waals surface area contributed by atoms with Gasteiger partial charge < -0.3 is 71.1 Å². The predicted molar refractivity (Wildman–Crippen MR) is 378 cm³/mol. The summed E-state index contributed by atoms with van der Waals surface area (Å²) in [4.78, 5) is 210. The van der Waals surface area contributed by atoms with Gasteiger partial charge in [0.25, 0.3) is 0 Å². The minimum atomic E-state index is -1.46. The van der Waals surface area contributed by atoms with Gasteiger partial charge in [-0.3, -0.25) is 71.9 Å². The summed E-state index contributed by atoms with van der Waals surface area (Å²) < 4.78 is 82.2. The summed E-state index contributed by atoms with van der Waals surface area (Å²) in [6, 6.07) is 0. The monoisotopic (exact) mass is 1520 g/mol. The van der Waals surface area contributed by atoms with Crippen LogP contribution in [0.15, 0.2) is 0 Å². The molecule has 14 unspecified atom stereocenters. The molecule has 14 atom stereocenters. The second-order valence-electron chi connectivity index (χ2n) is 25.1. The molecule has 0 aliphatic carbocycles. The van der Waals surface area contributed by atoms with Crippen LogP contribution in [0.3, 0.4) is 0 Å². The summed E-state index contributed by atoms with van der Waals surface area (Å²) in [5.74, 6) is -30.6. The van der Waals surface area contributed by atoms with Gasteiger partial charge in [-0.25, -0.2) is 0 Å². The molecule has 0 saturated heterocycles. The highest BCUT2D eigenvalue weighted by Gasteiger charge is 2.45. The van der Waals surface area contributed by atoms with E-state index in [-0.39, 0.29) is 150 Å². The summed E-state index contributed by atoms with van der Waals surface area (Å²) in [7, 11) is 0. The molecule has 0 aromatic carbocycles. The minimum absolute atomic E-state index is 0.0394. The summed E-state index contributed by atoms with van der Waals surface area (Å²) in [5.41, 5.74) is 0. The first-order chi connectivity index (χ1) is 50.6. The maximum Gasteiger partial charge on any atom is 0.308 e.